The summed E-state index contributed by atoms with van der Waals surface area (Å²) in [5.41, 5.74) is 10.6. The van der Waals surface area contributed by atoms with Gasteiger partial charge in [0.15, 0.2) is 11.8 Å². The molecule has 3 aliphatic rings. The maximum atomic E-state index is 6.36. The number of nitrogens with two attached hydrogens (primary N) is 1. The maximum absolute atomic E-state index is 6.36. The molecule has 2 atom stereocenters. The first-order chi connectivity index (χ1) is 7.36. The minimum atomic E-state index is 0.649. The van der Waals surface area contributed by atoms with E-state index in [1.54, 1.807) is 0 Å². The number of fused-ring (bicyclic) bond motifs is 2. The summed E-state index contributed by atoms with van der Waals surface area (Å²) in [5, 5.41) is 0. The van der Waals surface area contributed by atoms with Crippen molar-refractivity contribution < 1.29 is 4.99 Å². The summed E-state index contributed by atoms with van der Waals surface area (Å²) in [6.45, 7) is 0. The Balaban J connectivity index is 1.95. The van der Waals surface area contributed by atoms with Crippen LogP contribution in [0.4, 0.5) is 0 Å². The largest absolute Gasteiger partial charge is 0.401 e. The Labute approximate surface area is 91.6 Å². The zero-order valence-electron chi connectivity index (χ0n) is 9.39. The summed E-state index contributed by atoms with van der Waals surface area (Å²) < 4.78 is 0. The lowest BCUT2D eigenvalue weighted by molar-refractivity contribution is -0.519. The van der Waals surface area contributed by atoms with Gasteiger partial charge in [0, 0.05) is 24.1 Å². The van der Waals surface area contributed by atoms with Crippen molar-refractivity contribution in [2.75, 3.05) is 0 Å². The van der Waals surface area contributed by atoms with Crippen LogP contribution in [0.3, 0.4) is 0 Å². The van der Waals surface area contributed by atoms with Crippen LogP contribution >= 0.6 is 0 Å². The molecule has 2 heteroatoms. The molecule has 2 saturated carbocycles. The predicted molar refractivity (Wildman–Crippen MR) is 61.4 cm³/mol. The first-order valence-electron chi connectivity index (χ1n) is 6.47. The minimum Gasteiger partial charge on any atom is -0.401 e. The van der Waals surface area contributed by atoms with E-state index in [1.807, 2.05) is 0 Å². The van der Waals surface area contributed by atoms with Crippen LogP contribution in [0, 0.1) is 5.92 Å². The summed E-state index contributed by atoms with van der Waals surface area (Å²) in [7, 11) is 0. The van der Waals surface area contributed by atoms with Crippen molar-refractivity contribution in [3.63, 3.8) is 0 Å². The SMILES string of the molecule is NC1=C2CCCCC2=[NH+]C2CCCCC12. The molecule has 0 saturated heterocycles. The van der Waals surface area contributed by atoms with Gasteiger partial charge in [-0.05, 0) is 32.1 Å². The molecule has 0 aromatic rings. The van der Waals surface area contributed by atoms with Crippen molar-refractivity contribution >= 4 is 5.71 Å². The Morgan fingerprint density at radius 1 is 1.00 bits per heavy atom. The quantitative estimate of drug-likeness (QED) is 0.605. The Hall–Kier alpha value is -0.790. The molecule has 1 heterocycles. The third-order valence-electron chi connectivity index (χ3n) is 4.34. The Kier molecular flexibility index (Phi) is 2.30. The van der Waals surface area contributed by atoms with Gasteiger partial charge in [0.25, 0.3) is 0 Å². The zero-order chi connectivity index (χ0) is 10.3. The second-order valence-corrected chi connectivity index (χ2v) is 5.26. The Morgan fingerprint density at radius 2 is 1.80 bits per heavy atom. The summed E-state index contributed by atoms with van der Waals surface area (Å²) in [6, 6.07) is 0.663. The molecule has 1 aliphatic heterocycles. The van der Waals surface area contributed by atoms with Gasteiger partial charge in [-0.1, -0.05) is 6.42 Å². The second kappa shape index (κ2) is 3.66. The minimum absolute atomic E-state index is 0.649. The van der Waals surface area contributed by atoms with Crippen molar-refractivity contribution in [3.05, 3.63) is 11.3 Å². The van der Waals surface area contributed by atoms with Crippen LogP contribution in [-0.2, 0) is 0 Å². The van der Waals surface area contributed by atoms with Gasteiger partial charge < -0.3 is 5.73 Å². The van der Waals surface area contributed by atoms with Crippen molar-refractivity contribution in [2.45, 2.75) is 57.4 Å². The Bertz CT molecular complexity index is 327. The van der Waals surface area contributed by atoms with E-state index < -0.39 is 0 Å². The van der Waals surface area contributed by atoms with Gasteiger partial charge in [0.2, 0.25) is 0 Å². The summed E-state index contributed by atoms with van der Waals surface area (Å²) >= 11 is 0. The summed E-state index contributed by atoms with van der Waals surface area (Å²) in [6.07, 6.45) is 10.5. The molecule has 0 aromatic carbocycles. The van der Waals surface area contributed by atoms with Crippen molar-refractivity contribution in [3.8, 4) is 0 Å². The summed E-state index contributed by atoms with van der Waals surface area (Å²) in [4.78, 5) is 3.77. The third kappa shape index (κ3) is 1.51. The van der Waals surface area contributed by atoms with E-state index in [0.29, 0.717) is 12.0 Å². The normalized spacial score (nSPS) is 35.6. The first-order valence-corrected chi connectivity index (χ1v) is 6.47. The van der Waals surface area contributed by atoms with Crippen LogP contribution in [0.1, 0.15) is 51.4 Å². The van der Waals surface area contributed by atoms with Gasteiger partial charge in [-0.25, -0.2) is 4.99 Å². The van der Waals surface area contributed by atoms with Crippen LogP contribution in [0.15, 0.2) is 11.3 Å². The molecule has 2 nitrogen and oxygen atoms in total. The van der Waals surface area contributed by atoms with E-state index in [1.165, 1.54) is 68.3 Å². The smallest absolute Gasteiger partial charge is 0.179 e. The van der Waals surface area contributed by atoms with E-state index in [2.05, 4.69) is 4.99 Å². The third-order valence-corrected chi connectivity index (χ3v) is 4.34. The van der Waals surface area contributed by atoms with E-state index in [4.69, 9.17) is 5.73 Å². The van der Waals surface area contributed by atoms with Gasteiger partial charge in [0.05, 0.1) is 5.92 Å². The molecule has 0 spiro atoms. The van der Waals surface area contributed by atoms with E-state index >= 15 is 0 Å². The topological polar surface area (TPSA) is 40.0 Å². The van der Waals surface area contributed by atoms with E-state index in [0.717, 1.165) is 0 Å². The number of allylic oxidation sites excluding steroid dienone is 1. The molecule has 0 bridgehead atoms. The Morgan fingerprint density at radius 3 is 2.73 bits per heavy atom. The van der Waals surface area contributed by atoms with Crippen LogP contribution < -0.4 is 10.7 Å². The lowest BCUT2D eigenvalue weighted by Crippen LogP contribution is -2.84. The second-order valence-electron chi connectivity index (χ2n) is 5.26. The van der Waals surface area contributed by atoms with Gasteiger partial charge in [-0.2, -0.15) is 0 Å². The highest BCUT2D eigenvalue weighted by atomic mass is 14.9. The molecule has 2 unspecified atom stereocenters. The molecule has 3 N–H and O–H groups in total. The fourth-order valence-electron chi connectivity index (χ4n) is 3.51. The van der Waals surface area contributed by atoms with Crippen LogP contribution in [0.2, 0.25) is 0 Å². The standard InChI is InChI=1S/C13H20N2/c14-13-9-5-1-3-7-11(9)15-12-8-4-2-6-10(12)13/h9,11H,1-8,14H2/p+1. The van der Waals surface area contributed by atoms with Crippen LogP contribution in [0.25, 0.3) is 0 Å². The highest BCUT2D eigenvalue weighted by Crippen LogP contribution is 2.32. The maximum Gasteiger partial charge on any atom is 0.179 e. The molecule has 0 amide bonds. The highest BCUT2D eigenvalue weighted by Gasteiger charge is 2.38. The van der Waals surface area contributed by atoms with Gasteiger partial charge in [-0.15, -0.1) is 0 Å². The average molecular weight is 205 g/mol. The number of rotatable bonds is 0. The van der Waals surface area contributed by atoms with E-state index in [-0.39, 0.29) is 0 Å². The first kappa shape index (κ1) is 9.44. The monoisotopic (exact) mass is 205 g/mol. The lowest BCUT2D eigenvalue weighted by atomic mass is 9.76. The highest BCUT2D eigenvalue weighted by molar-refractivity contribution is 5.97. The molecule has 0 aromatic heterocycles. The fraction of sp³-hybridized carbons (Fsp3) is 0.769. The molecule has 0 radical (unpaired) electrons. The molecule has 82 valence electrons. The molecular formula is C13H21N2+. The zero-order valence-corrected chi connectivity index (χ0v) is 9.39. The molecule has 3 rings (SSSR count). The van der Waals surface area contributed by atoms with Crippen molar-refractivity contribution in [1.82, 2.24) is 0 Å². The molecule has 2 fully saturated rings. The molecular weight excluding hydrogens is 184 g/mol. The van der Waals surface area contributed by atoms with Crippen molar-refractivity contribution in [1.29, 1.82) is 0 Å². The van der Waals surface area contributed by atoms with Crippen LogP contribution in [-0.4, -0.2) is 11.8 Å². The van der Waals surface area contributed by atoms with Gasteiger partial charge in [-0.3, -0.25) is 0 Å². The summed E-state index contributed by atoms with van der Waals surface area (Å²) in [5.74, 6) is 0.649. The van der Waals surface area contributed by atoms with E-state index in [9.17, 15) is 0 Å². The number of hydrogen-bond donors (Lipinski definition) is 2. The number of nitrogens with one attached hydrogen (secondary N) is 1. The average Bonchev–Trinajstić information content (AvgIpc) is 2.30. The molecule has 2 aliphatic carbocycles. The van der Waals surface area contributed by atoms with Gasteiger partial charge in [0.1, 0.15) is 0 Å². The molecule has 15 heavy (non-hydrogen) atoms. The fourth-order valence-corrected chi connectivity index (χ4v) is 3.51. The predicted octanol–water partition coefficient (Wildman–Crippen LogP) is 0.867. The van der Waals surface area contributed by atoms with Crippen molar-refractivity contribution in [2.24, 2.45) is 11.7 Å². The lowest BCUT2D eigenvalue weighted by Gasteiger charge is -2.32. The van der Waals surface area contributed by atoms with Gasteiger partial charge >= 0.3 is 0 Å². The number of hydrogen-bond acceptors (Lipinski definition) is 1. The van der Waals surface area contributed by atoms with Crippen LogP contribution in [0.5, 0.6) is 0 Å².